The molecule has 228 valence electrons. The predicted molar refractivity (Wildman–Crippen MR) is 151 cm³/mol. The zero-order chi connectivity index (χ0) is 30.6. The molecule has 2 heterocycles. The van der Waals surface area contributed by atoms with Crippen molar-refractivity contribution in [3.05, 3.63) is 35.8 Å². The maximum absolute atomic E-state index is 15.0. The van der Waals surface area contributed by atoms with Crippen LogP contribution in [0.25, 0.3) is 0 Å². The van der Waals surface area contributed by atoms with Gasteiger partial charge in [0.15, 0.2) is 11.6 Å². The summed E-state index contributed by atoms with van der Waals surface area (Å²) in [5, 5.41) is 8.73. The van der Waals surface area contributed by atoms with E-state index in [2.05, 4.69) is 39.8 Å². The number of anilines is 4. The summed E-state index contributed by atoms with van der Waals surface area (Å²) in [6, 6.07) is 3.85. The smallest absolute Gasteiger partial charge is 0.367 e. The number of benzene rings is 1. The first kappa shape index (κ1) is 29.8. The molecule has 1 saturated heterocycles. The van der Waals surface area contributed by atoms with Crippen LogP contribution in [-0.2, 0) is 15.8 Å². The Morgan fingerprint density at radius 2 is 1.76 bits per heavy atom. The fraction of sp³-hybridized carbons (Fsp3) is 0.586. The number of fused-ring (bicyclic) bond motifs is 2. The Kier molecular flexibility index (Phi) is 7.51. The summed E-state index contributed by atoms with van der Waals surface area (Å²) in [6.07, 6.45) is -2.13. The van der Waals surface area contributed by atoms with E-state index in [1.807, 2.05) is 6.92 Å². The zero-order valence-electron chi connectivity index (χ0n) is 24.4. The van der Waals surface area contributed by atoms with Gasteiger partial charge in [-0.1, -0.05) is 13.8 Å². The number of hydrogen-bond donors (Lipinski definition) is 3. The molecule has 2 bridgehead atoms. The topological polar surface area (TPSA) is 102 Å². The largest absolute Gasteiger partial charge is 0.418 e. The second kappa shape index (κ2) is 10.6. The molecule has 0 unspecified atom stereocenters. The normalized spacial score (nSPS) is 26.7. The third-order valence-electron chi connectivity index (χ3n) is 9.76. The Labute approximate surface area is 242 Å². The van der Waals surface area contributed by atoms with Crippen LogP contribution in [0, 0.1) is 29.0 Å². The molecule has 4 atom stereocenters. The summed E-state index contributed by atoms with van der Waals surface area (Å²) in [5.41, 5.74) is -1.59. The van der Waals surface area contributed by atoms with Crippen LogP contribution in [0.4, 0.5) is 40.7 Å². The first-order valence-corrected chi connectivity index (χ1v) is 14.2. The van der Waals surface area contributed by atoms with Gasteiger partial charge in [-0.25, -0.2) is 9.37 Å². The lowest BCUT2D eigenvalue weighted by Gasteiger charge is -2.66. The molecule has 6 rings (SSSR count). The molecule has 1 aromatic heterocycles. The molecule has 2 aromatic rings. The van der Waals surface area contributed by atoms with Gasteiger partial charge in [-0.05, 0) is 55.2 Å². The first-order chi connectivity index (χ1) is 19.6. The van der Waals surface area contributed by atoms with Crippen molar-refractivity contribution in [2.75, 3.05) is 48.8 Å². The minimum absolute atomic E-state index is 0.0190. The van der Waals surface area contributed by atoms with Crippen LogP contribution in [0.1, 0.15) is 46.1 Å². The van der Waals surface area contributed by atoms with Crippen LogP contribution in [0.5, 0.6) is 0 Å². The third-order valence-corrected chi connectivity index (χ3v) is 9.76. The summed E-state index contributed by atoms with van der Waals surface area (Å²) in [7, 11) is 1.58. The highest BCUT2D eigenvalue weighted by molar-refractivity contribution is 5.81. The van der Waals surface area contributed by atoms with Crippen molar-refractivity contribution >= 4 is 35.0 Å². The standard InChI is InChI=1S/C29H37F4N7O2/c1-16(41)39-8-10-40(11-9-39)22-7-6-18(14-19(22)29(31,32)33)36-26-35-15-21(30)24(37-26)38-28(4)20(25(42)34-5)12-17-13-23(28)27(17,2)3/h6-7,14-15,17,20,23H,8-13H2,1-5H3,(H,34,42)(H2,35,36,37,38)/t17-,20+,23+,28-/m0/s1. The van der Waals surface area contributed by atoms with E-state index in [-0.39, 0.29) is 59.4 Å². The van der Waals surface area contributed by atoms with Crippen molar-refractivity contribution in [3.63, 3.8) is 0 Å². The van der Waals surface area contributed by atoms with E-state index in [0.717, 1.165) is 18.7 Å². The highest BCUT2D eigenvalue weighted by Crippen LogP contribution is 2.65. The van der Waals surface area contributed by atoms with Gasteiger partial charge in [0.2, 0.25) is 17.8 Å². The third kappa shape index (κ3) is 5.22. The number of rotatable bonds is 6. The average Bonchev–Trinajstić information content (AvgIpc) is 2.93. The second-order valence-corrected chi connectivity index (χ2v) is 12.4. The number of alkyl halides is 3. The van der Waals surface area contributed by atoms with Gasteiger partial charge in [-0.2, -0.15) is 18.2 Å². The maximum atomic E-state index is 15.0. The van der Waals surface area contributed by atoms with Crippen LogP contribution in [0.15, 0.2) is 24.4 Å². The molecule has 3 aliphatic carbocycles. The van der Waals surface area contributed by atoms with Crippen LogP contribution >= 0.6 is 0 Å². The number of piperazine rings is 1. The maximum Gasteiger partial charge on any atom is 0.418 e. The van der Waals surface area contributed by atoms with Crippen molar-refractivity contribution < 1.29 is 27.2 Å². The molecule has 3 saturated carbocycles. The van der Waals surface area contributed by atoms with Gasteiger partial charge >= 0.3 is 6.18 Å². The molecule has 9 nitrogen and oxygen atoms in total. The minimum atomic E-state index is -4.64. The van der Waals surface area contributed by atoms with E-state index in [1.54, 1.807) is 16.8 Å². The molecule has 2 amide bonds. The fourth-order valence-electron chi connectivity index (χ4n) is 7.21. The molecule has 4 fully saturated rings. The van der Waals surface area contributed by atoms with Gasteiger partial charge in [0.1, 0.15) is 0 Å². The van der Waals surface area contributed by atoms with Crippen molar-refractivity contribution in [2.24, 2.45) is 23.2 Å². The molecule has 0 radical (unpaired) electrons. The van der Waals surface area contributed by atoms with Crippen LogP contribution in [-0.4, -0.2) is 65.4 Å². The first-order valence-electron chi connectivity index (χ1n) is 14.2. The molecule has 3 N–H and O–H groups in total. The van der Waals surface area contributed by atoms with E-state index in [0.29, 0.717) is 25.4 Å². The van der Waals surface area contributed by atoms with Gasteiger partial charge in [0, 0.05) is 51.5 Å². The van der Waals surface area contributed by atoms with Crippen molar-refractivity contribution in [1.82, 2.24) is 20.2 Å². The number of nitrogens with zero attached hydrogens (tertiary/aromatic N) is 4. The Hall–Kier alpha value is -3.64. The van der Waals surface area contributed by atoms with E-state index in [1.165, 1.54) is 19.1 Å². The second-order valence-electron chi connectivity index (χ2n) is 12.4. The quantitative estimate of drug-likeness (QED) is 0.421. The van der Waals surface area contributed by atoms with E-state index >= 15 is 4.39 Å². The van der Waals surface area contributed by atoms with Crippen molar-refractivity contribution in [2.45, 2.75) is 52.3 Å². The summed E-state index contributed by atoms with van der Waals surface area (Å²) in [6.45, 7) is 8.89. The van der Waals surface area contributed by atoms with E-state index in [4.69, 9.17) is 0 Å². The van der Waals surface area contributed by atoms with E-state index < -0.39 is 29.0 Å². The van der Waals surface area contributed by atoms with E-state index in [9.17, 15) is 22.8 Å². The number of carbonyl (C=O) groups excluding carboxylic acids is 2. The number of carbonyl (C=O) groups is 2. The summed E-state index contributed by atoms with van der Waals surface area (Å²) >= 11 is 0. The SMILES string of the molecule is CNC(=O)[C@H]1C[C@H]2C[C@H](C2(C)C)[C@@]1(C)Nc1nc(Nc2ccc(N3CCN(C(C)=O)CC3)c(C(F)(F)F)c2)ncc1F. The Morgan fingerprint density at radius 3 is 2.36 bits per heavy atom. The molecule has 4 aliphatic rings. The Bertz CT molecular complexity index is 1380. The summed E-state index contributed by atoms with van der Waals surface area (Å²) < 4.78 is 57.5. The lowest BCUT2D eigenvalue weighted by atomic mass is 9.40. The van der Waals surface area contributed by atoms with Gasteiger partial charge in [-0.3, -0.25) is 9.59 Å². The monoisotopic (exact) mass is 591 g/mol. The Balaban J connectivity index is 1.40. The molecule has 13 heteroatoms. The highest BCUT2D eigenvalue weighted by Gasteiger charge is 2.64. The van der Waals surface area contributed by atoms with Crippen LogP contribution in [0.3, 0.4) is 0 Å². The van der Waals surface area contributed by atoms with Gasteiger partial charge in [-0.15, -0.1) is 0 Å². The van der Waals surface area contributed by atoms with Crippen molar-refractivity contribution in [3.8, 4) is 0 Å². The number of halogens is 4. The van der Waals surface area contributed by atoms with Gasteiger partial charge in [0.25, 0.3) is 0 Å². The zero-order valence-corrected chi connectivity index (χ0v) is 24.4. The fourth-order valence-corrected chi connectivity index (χ4v) is 7.21. The number of nitrogens with one attached hydrogen (secondary N) is 3. The number of amides is 2. The summed E-state index contributed by atoms with van der Waals surface area (Å²) in [5.74, 6) is -1.13. The lowest BCUT2D eigenvalue weighted by molar-refractivity contribution is -0.155. The average molecular weight is 592 g/mol. The van der Waals surface area contributed by atoms with Gasteiger partial charge in [0.05, 0.1) is 23.2 Å². The van der Waals surface area contributed by atoms with Crippen molar-refractivity contribution in [1.29, 1.82) is 0 Å². The molecule has 42 heavy (non-hydrogen) atoms. The molecule has 1 aliphatic heterocycles. The lowest BCUT2D eigenvalue weighted by Crippen LogP contribution is -2.69. The van der Waals surface area contributed by atoms with Gasteiger partial charge < -0.3 is 25.8 Å². The summed E-state index contributed by atoms with van der Waals surface area (Å²) in [4.78, 5) is 35.9. The van der Waals surface area contributed by atoms with Crippen LogP contribution in [0.2, 0.25) is 0 Å². The molecular formula is C29H37F4N7O2. The number of aromatic nitrogens is 2. The molecule has 1 aromatic carbocycles. The molecule has 0 spiro atoms. The minimum Gasteiger partial charge on any atom is -0.367 e. The number of hydrogen-bond acceptors (Lipinski definition) is 7. The highest BCUT2D eigenvalue weighted by atomic mass is 19.4. The molecular weight excluding hydrogens is 554 g/mol. The Morgan fingerprint density at radius 1 is 1.07 bits per heavy atom. The van der Waals surface area contributed by atoms with Crippen LogP contribution < -0.4 is 20.9 Å². The predicted octanol–water partition coefficient (Wildman–Crippen LogP) is 4.65.